The van der Waals surface area contributed by atoms with E-state index in [1.807, 2.05) is 19.1 Å². The van der Waals surface area contributed by atoms with Gasteiger partial charge in [-0.15, -0.1) is 0 Å². The van der Waals surface area contributed by atoms with Crippen LogP contribution in [-0.4, -0.2) is 14.2 Å². The van der Waals surface area contributed by atoms with Crippen molar-refractivity contribution in [1.82, 2.24) is 0 Å². The van der Waals surface area contributed by atoms with E-state index in [0.717, 1.165) is 17.7 Å². The molecule has 1 unspecified atom stereocenters. The number of benzene rings is 1. The lowest BCUT2D eigenvalue weighted by Gasteiger charge is -2.16. The summed E-state index contributed by atoms with van der Waals surface area (Å²) in [4.78, 5) is 0. The van der Waals surface area contributed by atoms with Gasteiger partial charge >= 0.3 is 0 Å². The fourth-order valence-corrected chi connectivity index (χ4v) is 1.97. The fraction of sp³-hybridized carbons (Fsp3) is 0.429. The van der Waals surface area contributed by atoms with Crippen LogP contribution < -0.4 is 9.47 Å². The molecule has 1 aromatic carbocycles. The summed E-state index contributed by atoms with van der Waals surface area (Å²) in [5.74, 6) is 1.87. The van der Waals surface area contributed by atoms with E-state index in [0.29, 0.717) is 16.7 Å². The summed E-state index contributed by atoms with van der Waals surface area (Å²) in [6.07, 6.45) is 5.17. The highest BCUT2D eigenvalue weighted by Gasteiger charge is 2.14. The molecule has 0 aromatic heterocycles. The van der Waals surface area contributed by atoms with Crippen molar-refractivity contribution in [3.63, 3.8) is 0 Å². The van der Waals surface area contributed by atoms with E-state index >= 15 is 0 Å². The van der Waals surface area contributed by atoms with Gasteiger partial charge in [0.05, 0.1) is 19.2 Å². The monoisotopic (exact) mass is 254 g/mol. The summed E-state index contributed by atoms with van der Waals surface area (Å²) in [6.45, 7) is 4.18. The van der Waals surface area contributed by atoms with Crippen molar-refractivity contribution in [2.75, 3.05) is 14.2 Å². The Hall–Kier alpha value is -1.15. The molecule has 0 N–H and O–H groups in total. The Morgan fingerprint density at radius 1 is 1.24 bits per heavy atom. The van der Waals surface area contributed by atoms with Gasteiger partial charge in [0.15, 0.2) is 0 Å². The third kappa shape index (κ3) is 3.40. The third-order valence-corrected chi connectivity index (χ3v) is 3.06. The van der Waals surface area contributed by atoms with E-state index < -0.39 is 0 Å². The molecule has 0 aliphatic rings. The van der Waals surface area contributed by atoms with Crippen molar-refractivity contribution in [3.05, 3.63) is 34.9 Å². The van der Waals surface area contributed by atoms with Crippen LogP contribution in [0.15, 0.2) is 24.3 Å². The van der Waals surface area contributed by atoms with Crippen LogP contribution in [0.4, 0.5) is 0 Å². The number of allylic oxidation sites excluding steroid dienone is 2. The molecule has 0 saturated carbocycles. The minimum Gasteiger partial charge on any atom is -0.496 e. The summed E-state index contributed by atoms with van der Waals surface area (Å²) < 4.78 is 10.6. The van der Waals surface area contributed by atoms with E-state index in [9.17, 15) is 0 Å². The first-order valence-electron chi connectivity index (χ1n) is 5.66. The van der Waals surface area contributed by atoms with Gasteiger partial charge in [0.25, 0.3) is 0 Å². The zero-order valence-electron chi connectivity index (χ0n) is 10.8. The minimum atomic E-state index is 0.368. The second-order valence-corrected chi connectivity index (χ2v) is 4.34. The standard InChI is InChI=1S/C14H19ClO2/c1-5-6-7-10(2)11-8-14(17-4)12(15)9-13(11)16-3/h5-6,8-10H,7H2,1-4H3/b6-5-. The van der Waals surface area contributed by atoms with Crippen LogP contribution in [0.25, 0.3) is 0 Å². The van der Waals surface area contributed by atoms with E-state index in [1.165, 1.54) is 0 Å². The molecule has 1 atom stereocenters. The van der Waals surface area contributed by atoms with Crippen molar-refractivity contribution in [2.45, 2.75) is 26.2 Å². The first-order valence-corrected chi connectivity index (χ1v) is 6.04. The van der Waals surface area contributed by atoms with Crippen LogP contribution in [0.1, 0.15) is 31.7 Å². The molecule has 0 spiro atoms. The number of ether oxygens (including phenoxy) is 2. The zero-order valence-corrected chi connectivity index (χ0v) is 11.5. The molecule has 0 aliphatic carbocycles. The Morgan fingerprint density at radius 3 is 2.41 bits per heavy atom. The number of halogens is 1. The highest BCUT2D eigenvalue weighted by Crippen LogP contribution is 2.37. The molecule has 0 radical (unpaired) electrons. The van der Waals surface area contributed by atoms with Crippen LogP contribution in [0, 0.1) is 0 Å². The lowest BCUT2D eigenvalue weighted by molar-refractivity contribution is 0.396. The van der Waals surface area contributed by atoms with Gasteiger partial charge in [0.2, 0.25) is 0 Å². The second-order valence-electron chi connectivity index (χ2n) is 3.93. The smallest absolute Gasteiger partial charge is 0.138 e. The number of rotatable bonds is 5. The SMILES string of the molecule is C/C=C\CC(C)c1cc(OC)c(Cl)cc1OC. The van der Waals surface area contributed by atoms with E-state index in [4.69, 9.17) is 21.1 Å². The van der Waals surface area contributed by atoms with Crippen molar-refractivity contribution >= 4 is 11.6 Å². The highest BCUT2D eigenvalue weighted by molar-refractivity contribution is 6.32. The summed E-state index contributed by atoms with van der Waals surface area (Å²) >= 11 is 6.07. The summed E-state index contributed by atoms with van der Waals surface area (Å²) in [6, 6.07) is 3.76. The predicted molar refractivity (Wildman–Crippen MR) is 72.4 cm³/mol. The Bertz CT molecular complexity index is 399. The van der Waals surface area contributed by atoms with Crippen LogP contribution in [0.5, 0.6) is 11.5 Å². The van der Waals surface area contributed by atoms with Gasteiger partial charge in [0, 0.05) is 11.6 Å². The van der Waals surface area contributed by atoms with Crippen LogP contribution in [0.3, 0.4) is 0 Å². The normalized spacial score (nSPS) is 12.8. The van der Waals surface area contributed by atoms with Crippen LogP contribution >= 0.6 is 11.6 Å². The van der Waals surface area contributed by atoms with E-state index in [2.05, 4.69) is 19.1 Å². The Balaban J connectivity index is 3.11. The highest BCUT2D eigenvalue weighted by atomic mass is 35.5. The van der Waals surface area contributed by atoms with Gasteiger partial charge in [-0.25, -0.2) is 0 Å². The van der Waals surface area contributed by atoms with Crippen molar-refractivity contribution in [2.24, 2.45) is 0 Å². The van der Waals surface area contributed by atoms with Gasteiger partial charge in [-0.2, -0.15) is 0 Å². The predicted octanol–water partition coefficient (Wildman–Crippen LogP) is 4.43. The maximum Gasteiger partial charge on any atom is 0.138 e. The quantitative estimate of drug-likeness (QED) is 0.724. The molecule has 0 amide bonds. The van der Waals surface area contributed by atoms with Crippen LogP contribution in [-0.2, 0) is 0 Å². The zero-order chi connectivity index (χ0) is 12.8. The Labute approximate surface area is 108 Å². The molecule has 0 heterocycles. The van der Waals surface area contributed by atoms with Gasteiger partial charge < -0.3 is 9.47 Å². The average molecular weight is 255 g/mol. The topological polar surface area (TPSA) is 18.5 Å². The largest absolute Gasteiger partial charge is 0.496 e. The molecule has 1 rings (SSSR count). The van der Waals surface area contributed by atoms with E-state index in [1.54, 1.807) is 14.2 Å². The Kier molecular flexibility index (Phi) is 5.36. The summed E-state index contributed by atoms with van der Waals surface area (Å²) in [7, 11) is 3.28. The maximum atomic E-state index is 6.07. The molecule has 17 heavy (non-hydrogen) atoms. The van der Waals surface area contributed by atoms with Crippen molar-refractivity contribution < 1.29 is 9.47 Å². The van der Waals surface area contributed by atoms with Crippen LogP contribution in [0.2, 0.25) is 5.02 Å². The molecule has 0 aliphatic heterocycles. The number of methoxy groups -OCH3 is 2. The van der Waals surface area contributed by atoms with Gasteiger partial charge in [-0.1, -0.05) is 30.7 Å². The molecule has 1 aromatic rings. The molecule has 0 saturated heterocycles. The summed E-state index contributed by atoms with van der Waals surface area (Å²) in [5.41, 5.74) is 1.12. The van der Waals surface area contributed by atoms with Gasteiger partial charge in [-0.3, -0.25) is 0 Å². The number of hydrogen-bond acceptors (Lipinski definition) is 2. The molecule has 2 nitrogen and oxygen atoms in total. The first kappa shape index (κ1) is 13.9. The number of hydrogen-bond donors (Lipinski definition) is 0. The molecule has 3 heteroatoms. The third-order valence-electron chi connectivity index (χ3n) is 2.76. The lowest BCUT2D eigenvalue weighted by atomic mass is 9.96. The fourth-order valence-electron chi connectivity index (χ4n) is 1.74. The minimum absolute atomic E-state index is 0.368. The molecular weight excluding hydrogens is 236 g/mol. The maximum absolute atomic E-state index is 6.07. The molecular formula is C14H19ClO2. The summed E-state index contributed by atoms with van der Waals surface area (Å²) in [5, 5.41) is 0.575. The average Bonchev–Trinajstić information content (AvgIpc) is 2.35. The molecule has 94 valence electrons. The second kappa shape index (κ2) is 6.55. The van der Waals surface area contributed by atoms with Gasteiger partial charge in [-0.05, 0) is 25.3 Å². The van der Waals surface area contributed by atoms with E-state index in [-0.39, 0.29) is 0 Å². The van der Waals surface area contributed by atoms with Gasteiger partial charge in [0.1, 0.15) is 11.5 Å². The Morgan fingerprint density at radius 2 is 1.88 bits per heavy atom. The van der Waals surface area contributed by atoms with Crippen molar-refractivity contribution in [1.29, 1.82) is 0 Å². The van der Waals surface area contributed by atoms with Crippen molar-refractivity contribution in [3.8, 4) is 11.5 Å². The first-order chi connectivity index (χ1) is 8.13. The molecule has 0 fully saturated rings. The molecule has 0 bridgehead atoms. The lowest BCUT2D eigenvalue weighted by Crippen LogP contribution is -1.98.